The Morgan fingerprint density at radius 2 is 2.08 bits per heavy atom. The zero-order valence-corrected chi connectivity index (χ0v) is 15.1. The van der Waals surface area contributed by atoms with Crippen molar-refractivity contribution in [1.82, 2.24) is 5.01 Å². The molecule has 0 unspecified atom stereocenters. The summed E-state index contributed by atoms with van der Waals surface area (Å²) in [6, 6.07) is 16.0. The first-order chi connectivity index (χ1) is 12.7. The van der Waals surface area contributed by atoms with Gasteiger partial charge in [0.05, 0.1) is 11.8 Å². The number of aryl methyl sites for hydroxylation is 1. The van der Waals surface area contributed by atoms with Crippen LogP contribution >= 0.6 is 11.3 Å². The molecule has 130 valence electrons. The minimum atomic E-state index is -0.245. The van der Waals surface area contributed by atoms with E-state index in [9.17, 15) is 5.11 Å². The summed E-state index contributed by atoms with van der Waals surface area (Å²) in [5.74, 6) is 1.19. The molecule has 0 radical (unpaired) electrons. The van der Waals surface area contributed by atoms with Gasteiger partial charge in [0.1, 0.15) is 11.5 Å². The van der Waals surface area contributed by atoms with Crippen molar-refractivity contribution in [2.24, 2.45) is 5.10 Å². The average molecular weight is 362 g/mol. The van der Waals surface area contributed by atoms with Crippen LogP contribution in [0.25, 0.3) is 0 Å². The van der Waals surface area contributed by atoms with E-state index >= 15 is 0 Å². The summed E-state index contributed by atoms with van der Waals surface area (Å²) in [6.07, 6.45) is 0.503. The smallest absolute Gasteiger partial charge is 0.214 e. The summed E-state index contributed by atoms with van der Waals surface area (Å²) in [5, 5.41) is 21.4. The number of hydrogen-bond donors (Lipinski definition) is 1. The van der Waals surface area contributed by atoms with Gasteiger partial charge >= 0.3 is 0 Å². The number of thiophene rings is 1. The topological polar surface area (TPSA) is 45.1 Å². The summed E-state index contributed by atoms with van der Waals surface area (Å²) in [5.41, 5.74) is 5.06. The van der Waals surface area contributed by atoms with Gasteiger partial charge in [-0.05, 0) is 41.9 Å². The molecule has 0 amide bonds. The van der Waals surface area contributed by atoms with Crippen molar-refractivity contribution < 1.29 is 9.84 Å². The van der Waals surface area contributed by atoms with Crippen molar-refractivity contribution in [2.45, 2.75) is 25.6 Å². The van der Waals surface area contributed by atoms with Gasteiger partial charge in [-0.2, -0.15) is 16.4 Å². The van der Waals surface area contributed by atoms with E-state index in [2.05, 4.69) is 22.9 Å². The fourth-order valence-electron chi connectivity index (χ4n) is 3.71. The molecule has 1 aromatic heterocycles. The summed E-state index contributed by atoms with van der Waals surface area (Å²) < 4.78 is 6.29. The maximum atomic E-state index is 10.3. The average Bonchev–Trinajstić information content (AvgIpc) is 3.33. The van der Waals surface area contributed by atoms with Gasteiger partial charge in [0.15, 0.2) is 0 Å². The highest BCUT2D eigenvalue weighted by atomic mass is 32.1. The van der Waals surface area contributed by atoms with E-state index in [0.29, 0.717) is 0 Å². The maximum Gasteiger partial charge on any atom is 0.214 e. The first kappa shape index (κ1) is 15.5. The molecule has 0 saturated heterocycles. The minimum absolute atomic E-state index is 0.111. The lowest BCUT2D eigenvalue weighted by atomic mass is 9.95. The van der Waals surface area contributed by atoms with Gasteiger partial charge in [0.2, 0.25) is 6.23 Å². The van der Waals surface area contributed by atoms with Crippen LogP contribution in [0.4, 0.5) is 0 Å². The molecule has 0 bridgehead atoms. The highest BCUT2D eigenvalue weighted by Crippen LogP contribution is 2.48. The van der Waals surface area contributed by atoms with E-state index in [4.69, 9.17) is 9.84 Å². The first-order valence-corrected chi connectivity index (χ1v) is 9.58. The third-order valence-electron chi connectivity index (χ3n) is 4.99. The molecule has 2 atom stereocenters. The number of phenols is 1. The van der Waals surface area contributed by atoms with Crippen LogP contribution in [0.1, 0.15) is 40.9 Å². The lowest BCUT2D eigenvalue weighted by Gasteiger charge is -2.37. The quantitative estimate of drug-likeness (QED) is 0.697. The molecule has 2 aliphatic heterocycles. The van der Waals surface area contributed by atoms with Gasteiger partial charge < -0.3 is 9.84 Å². The number of para-hydroxylation sites is 1. The Kier molecular flexibility index (Phi) is 3.50. The predicted molar refractivity (Wildman–Crippen MR) is 103 cm³/mol. The van der Waals surface area contributed by atoms with E-state index in [1.807, 2.05) is 42.3 Å². The van der Waals surface area contributed by atoms with Crippen molar-refractivity contribution in [3.8, 4) is 11.5 Å². The van der Waals surface area contributed by atoms with Gasteiger partial charge in [-0.25, -0.2) is 5.01 Å². The molecular formula is C21H18N2O2S. The van der Waals surface area contributed by atoms with Crippen LogP contribution in [-0.2, 0) is 0 Å². The molecule has 4 nitrogen and oxygen atoms in total. The number of benzene rings is 2. The number of phenolic OH excluding ortho intramolecular Hbond substituents is 1. The molecule has 1 N–H and O–H groups in total. The lowest BCUT2D eigenvalue weighted by Crippen LogP contribution is -2.33. The van der Waals surface area contributed by atoms with Gasteiger partial charge in [0.25, 0.3) is 0 Å². The van der Waals surface area contributed by atoms with E-state index in [-0.39, 0.29) is 18.0 Å². The van der Waals surface area contributed by atoms with Crippen LogP contribution in [0, 0.1) is 6.92 Å². The van der Waals surface area contributed by atoms with E-state index in [0.717, 1.165) is 40.1 Å². The monoisotopic (exact) mass is 362 g/mol. The maximum absolute atomic E-state index is 10.3. The molecule has 3 heterocycles. The molecule has 2 aromatic carbocycles. The first-order valence-electron chi connectivity index (χ1n) is 8.64. The Hall–Kier alpha value is -2.79. The molecule has 2 aliphatic rings. The Balaban J connectivity index is 1.62. The Morgan fingerprint density at radius 1 is 1.19 bits per heavy atom. The zero-order valence-electron chi connectivity index (χ0n) is 14.3. The van der Waals surface area contributed by atoms with E-state index < -0.39 is 0 Å². The Morgan fingerprint density at radius 3 is 2.92 bits per heavy atom. The summed E-state index contributed by atoms with van der Waals surface area (Å²) in [7, 11) is 0. The highest BCUT2D eigenvalue weighted by molar-refractivity contribution is 7.07. The van der Waals surface area contributed by atoms with Gasteiger partial charge in [-0.1, -0.05) is 29.8 Å². The second-order valence-corrected chi connectivity index (χ2v) is 7.51. The summed E-state index contributed by atoms with van der Waals surface area (Å²) >= 11 is 1.66. The second kappa shape index (κ2) is 5.88. The van der Waals surface area contributed by atoms with Crippen molar-refractivity contribution in [3.05, 3.63) is 81.5 Å². The number of hydrogen-bond acceptors (Lipinski definition) is 5. The third-order valence-corrected chi connectivity index (χ3v) is 5.69. The molecule has 3 aromatic rings. The van der Waals surface area contributed by atoms with Crippen LogP contribution in [-0.4, -0.2) is 15.8 Å². The predicted octanol–water partition coefficient (Wildman–Crippen LogP) is 5.00. The fraction of sp³-hybridized carbons (Fsp3) is 0.190. The van der Waals surface area contributed by atoms with Gasteiger partial charge in [-0.15, -0.1) is 0 Å². The number of rotatable bonds is 2. The lowest BCUT2D eigenvalue weighted by molar-refractivity contribution is -0.0187. The normalized spacial score (nSPS) is 21.0. The fourth-order valence-corrected chi connectivity index (χ4v) is 4.38. The number of hydrazone groups is 1. The molecule has 0 aliphatic carbocycles. The van der Waals surface area contributed by atoms with Crippen LogP contribution in [0.2, 0.25) is 0 Å². The van der Waals surface area contributed by atoms with Crippen molar-refractivity contribution >= 4 is 17.0 Å². The van der Waals surface area contributed by atoms with Crippen LogP contribution in [0.3, 0.4) is 0 Å². The van der Waals surface area contributed by atoms with Crippen molar-refractivity contribution in [1.29, 1.82) is 0 Å². The SMILES string of the molecule is Cc1ccc(O)c(C2=NN3[C@H](C2)c2ccccc2O[C@H]3c2ccsc2)c1. The van der Waals surface area contributed by atoms with Crippen LogP contribution in [0.15, 0.2) is 64.4 Å². The Bertz CT molecular complexity index is 997. The standard InChI is InChI=1S/C21H18N2O2S/c1-13-6-7-19(24)16(10-13)17-11-18-15-4-2-3-5-20(15)25-21(23(18)22-17)14-8-9-26-12-14/h2-10,12,18,21,24H,11H2,1H3/t18-,21+/m1/s1. The highest BCUT2D eigenvalue weighted by Gasteiger charge is 2.41. The number of ether oxygens (including phenoxy) is 1. The van der Waals surface area contributed by atoms with Gasteiger partial charge in [0, 0.05) is 23.1 Å². The number of fused-ring (bicyclic) bond motifs is 3. The van der Waals surface area contributed by atoms with E-state index in [1.54, 1.807) is 17.4 Å². The Labute approximate surface area is 156 Å². The van der Waals surface area contributed by atoms with Crippen molar-refractivity contribution in [2.75, 3.05) is 0 Å². The van der Waals surface area contributed by atoms with Crippen molar-refractivity contribution in [3.63, 3.8) is 0 Å². The number of aromatic hydroxyl groups is 1. The molecule has 0 saturated carbocycles. The summed E-state index contributed by atoms with van der Waals surface area (Å²) in [4.78, 5) is 0. The largest absolute Gasteiger partial charge is 0.507 e. The molecule has 0 spiro atoms. The number of nitrogens with zero attached hydrogens (tertiary/aromatic N) is 2. The van der Waals surface area contributed by atoms with E-state index in [1.165, 1.54) is 0 Å². The molecular weight excluding hydrogens is 344 g/mol. The molecule has 5 rings (SSSR count). The third kappa shape index (κ3) is 2.39. The molecule has 0 fully saturated rings. The molecule has 5 heteroatoms. The van der Waals surface area contributed by atoms with Gasteiger partial charge in [-0.3, -0.25) is 0 Å². The second-order valence-electron chi connectivity index (χ2n) is 6.73. The van der Waals surface area contributed by atoms with Crippen LogP contribution in [0.5, 0.6) is 11.5 Å². The molecule has 26 heavy (non-hydrogen) atoms. The minimum Gasteiger partial charge on any atom is -0.507 e. The zero-order chi connectivity index (χ0) is 17.7. The van der Waals surface area contributed by atoms with Crippen LogP contribution < -0.4 is 4.74 Å². The summed E-state index contributed by atoms with van der Waals surface area (Å²) in [6.45, 7) is 2.03.